The standard InChI is InChI=1S/C20H20ClN5O2/c1-12(10-27)26-11-24-19-16(20(26)28)7-17(13-3-5-15(21)6-4-13)25-18(19)14(8-22)9-23-2/h3-9,11-12,27H,10,22H2,1-2H3. The van der Waals surface area contributed by atoms with E-state index >= 15 is 0 Å². The molecule has 7 nitrogen and oxygen atoms in total. The number of nitrogens with zero attached hydrogens (tertiary/aromatic N) is 4. The van der Waals surface area contributed by atoms with Crippen LogP contribution < -0.4 is 11.3 Å². The fourth-order valence-electron chi connectivity index (χ4n) is 2.84. The molecule has 2 aromatic heterocycles. The van der Waals surface area contributed by atoms with Gasteiger partial charge in [0.15, 0.2) is 0 Å². The van der Waals surface area contributed by atoms with Crippen LogP contribution in [-0.2, 0) is 0 Å². The van der Waals surface area contributed by atoms with Gasteiger partial charge in [-0.15, -0.1) is 0 Å². The first kappa shape index (κ1) is 19.7. The van der Waals surface area contributed by atoms with E-state index in [1.165, 1.54) is 17.1 Å². The Labute approximate surface area is 166 Å². The highest BCUT2D eigenvalue weighted by Gasteiger charge is 2.17. The summed E-state index contributed by atoms with van der Waals surface area (Å²) in [5, 5.41) is 10.4. The quantitative estimate of drug-likeness (QED) is 0.643. The van der Waals surface area contributed by atoms with E-state index in [4.69, 9.17) is 17.3 Å². The summed E-state index contributed by atoms with van der Waals surface area (Å²) in [4.78, 5) is 26.2. The van der Waals surface area contributed by atoms with Crippen LogP contribution in [0.15, 0.2) is 52.6 Å². The minimum Gasteiger partial charge on any atom is -0.404 e. The second-order valence-electron chi connectivity index (χ2n) is 6.26. The lowest BCUT2D eigenvalue weighted by molar-refractivity contribution is 0.236. The largest absolute Gasteiger partial charge is 0.404 e. The molecule has 0 aliphatic heterocycles. The Bertz CT molecular complexity index is 1120. The molecule has 0 fully saturated rings. The van der Waals surface area contributed by atoms with E-state index in [9.17, 15) is 9.90 Å². The molecule has 28 heavy (non-hydrogen) atoms. The molecular weight excluding hydrogens is 378 g/mol. The Morgan fingerprint density at radius 1 is 1.39 bits per heavy atom. The number of aliphatic hydroxyl groups is 1. The van der Waals surface area contributed by atoms with E-state index in [1.807, 2.05) is 12.1 Å². The topological polar surface area (TPSA) is 106 Å². The summed E-state index contributed by atoms with van der Waals surface area (Å²) < 4.78 is 1.40. The van der Waals surface area contributed by atoms with Crippen molar-refractivity contribution in [1.29, 1.82) is 0 Å². The molecule has 0 spiro atoms. The average molecular weight is 398 g/mol. The van der Waals surface area contributed by atoms with Crippen molar-refractivity contribution in [3.63, 3.8) is 0 Å². The maximum Gasteiger partial charge on any atom is 0.261 e. The first-order chi connectivity index (χ1) is 13.5. The van der Waals surface area contributed by atoms with E-state index in [1.54, 1.807) is 38.4 Å². The monoisotopic (exact) mass is 397 g/mol. The molecule has 0 aliphatic rings. The predicted molar refractivity (Wildman–Crippen MR) is 113 cm³/mol. The fourth-order valence-corrected chi connectivity index (χ4v) is 2.96. The zero-order chi connectivity index (χ0) is 20.3. The zero-order valence-electron chi connectivity index (χ0n) is 15.5. The lowest BCUT2D eigenvalue weighted by Gasteiger charge is -2.14. The highest BCUT2D eigenvalue weighted by atomic mass is 35.5. The molecule has 8 heteroatoms. The number of aliphatic hydroxyl groups excluding tert-OH is 1. The highest BCUT2D eigenvalue weighted by Crippen LogP contribution is 2.26. The Hall–Kier alpha value is -3.03. The van der Waals surface area contributed by atoms with E-state index in [2.05, 4.69) is 15.0 Å². The number of halogens is 1. The Kier molecular flexibility index (Phi) is 5.87. The van der Waals surface area contributed by atoms with Crippen molar-refractivity contribution in [3.05, 3.63) is 63.9 Å². The second kappa shape index (κ2) is 8.33. The Balaban J connectivity index is 2.37. The van der Waals surface area contributed by atoms with Crippen LogP contribution in [0.2, 0.25) is 5.02 Å². The van der Waals surface area contributed by atoms with E-state index < -0.39 is 6.04 Å². The predicted octanol–water partition coefficient (Wildman–Crippen LogP) is 2.67. The summed E-state index contributed by atoms with van der Waals surface area (Å²) in [7, 11) is 1.62. The van der Waals surface area contributed by atoms with Crippen LogP contribution in [0, 0.1) is 0 Å². The number of allylic oxidation sites excluding steroid dienone is 1. The first-order valence-electron chi connectivity index (χ1n) is 8.63. The van der Waals surface area contributed by atoms with Gasteiger partial charge in [0.05, 0.1) is 30.1 Å². The van der Waals surface area contributed by atoms with E-state index in [0.717, 1.165) is 5.56 Å². The van der Waals surface area contributed by atoms with Gasteiger partial charge in [-0.1, -0.05) is 23.7 Å². The molecule has 0 radical (unpaired) electrons. The molecule has 0 amide bonds. The maximum absolute atomic E-state index is 13.1. The van der Waals surface area contributed by atoms with Gasteiger partial charge in [0.1, 0.15) is 11.2 Å². The number of rotatable bonds is 5. The van der Waals surface area contributed by atoms with Crippen molar-refractivity contribution < 1.29 is 5.11 Å². The molecule has 1 unspecified atom stereocenters. The van der Waals surface area contributed by atoms with Crippen molar-refractivity contribution in [2.24, 2.45) is 10.7 Å². The van der Waals surface area contributed by atoms with Gasteiger partial charge in [0, 0.05) is 35.6 Å². The summed E-state index contributed by atoms with van der Waals surface area (Å²) in [6.45, 7) is 1.57. The van der Waals surface area contributed by atoms with Crippen LogP contribution in [0.1, 0.15) is 18.7 Å². The second-order valence-corrected chi connectivity index (χ2v) is 6.69. The Morgan fingerprint density at radius 3 is 2.71 bits per heavy atom. The molecule has 3 aromatic rings. The van der Waals surface area contributed by atoms with Gasteiger partial charge in [-0.05, 0) is 25.1 Å². The van der Waals surface area contributed by atoms with E-state index in [0.29, 0.717) is 32.9 Å². The highest BCUT2D eigenvalue weighted by molar-refractivity contribution is 6.30. The zero-order valence-corrected chi connectivity index (χ0v) is 16.3. The third-order valence-electron chi connectivity index (χ3n) is 4.37. The molecule has 1 aromatic carbocycles. The average Bonchev–Trinajstić information content (AvgIpc) is 2.72. The summed E-state index contributed by atoms with van der Waals surface area (Å²) >= 11 is 5.99. The number of nitrogens with two attached hydrogens (primary N) is 1. The van der Waals surface area contributed by atoms with Crippen LogP contribution in [0.4, 0.5) is 0 Å². The first-order valence-corrected chi connectivity index (χ1v) is 9.01. The van der Waals surface area contributed by atoms with Gasteiger partial charge in [-0.25, -0.2) is 9.97 Å². The van der Waals surface area contributed by atoms with Gasteiger partial charge in [-0.3, -0.25) is 14.4 Å². The van der Waals surface area contributed by atoms with E-state index in [-0.39, 0.29) is 12.2 Å². The number of pyridine rings is 1. The molecule has 3 N–H and O–H groups in total. The lowest BCUT2D eigenvalue weighted by atomic mass is 10.1. The number of fused-ring (bicyclic) bond motifs is 1. The lowest BCUT2D eigenvalue weighted by Crippen LogP contribution is -2.26. The third kappa shape index (κ3) is 3.67. The third-order valence-corrected chi connectivity index (χ3v) is 4.62. The van der Waals surface area contributed by atoms with Gasteiger partial charge < -0.3 is 10.8 Å². The number of aliphatic imine (C=N–C) groups is 1. The molecule has 0 saturated heterocycles. The number of hydrogen-bond acceptors (Lipinski definition) is 6. The van der Waals surface area contributed by atoms with Gasteiger partial charge in [0.2, 0.25) is 0 Å². The van der Waals surface area contributed by atoms with Gasteiger partial charge >= 0.3 is 0 Å². The summed E-state index contributed by atoms with van der Waals surface area (Å²) in [6.07, 6.45) is 4.36. The smallest absolute Gasteiger partial charge is 0.261 e. The van der Waals surface area contributed by atoms with Crippen LogP contribution in [0.3, 0.4) is 0 Å². The van der Waals surface area contributed by atoms with Crippen molar-refractivity contribution in [1.82, 2.24) is 14.5 Å². The van der Waals surface area contributed by atoms with Gasteiger partial charge in [0.25, 0.3) is 5.56 Å². The van der Waals surface area contributed by atoms with Crippen LogP contribution in [0.25, 0.3) is 27.7 Å². The maximum atomic E-state index is 13.1. The Morgan fingerprint density at radius 2 is 2.11 bits per heavy atom. The van der Waals surface area contributed by atoms with Crippen molar-refractivity contribution >= 4 is 34.3 Å². The minimum absolute atomic E-state index is 0.175. The molecule has 0 aliphatic carbocycles. The fraction of sp³-hybridized carbons (Fsp3) is 0.200. The molecule has 0 saturated carbocycles. The minimum atomic E-state index is -0.401. The SMILES string of the molecule is CN=CC(=CN)c1nc(-c2ccc(Cl)cc2)cc2c(=O)n(C(C)CO)cnc12. The van der Waals surface area contributed by atoms with Gasteiger partial charge in [-0.2, -0.15) is 0 Å². The van der Waals surface area contributed by atoms with Crippen LogP contribution in [0.5, 0.6) is 0 Å². The normalized spacial score (nSPS) is 13.4. The molecule has 144 valence electrons. The number of benzene rings is 1. The number of aromatic nitrogens is 3. The van der Waals surface area contributed by atoms with Crippen molar-refractivity contribution in [2.45, 2.75) is 13.0 Å². The molecule has 1 atom stereocenters. The molecular formula is C20H20ClN5O2. The van der Waals surface area contributed by atoms with Crippen molar-refractivity contribution in [3.8, 4) is 11.3 Å². The number of hydrogen-bond donors (Lipinski definition) is 2. The van der Waals surface area contributed by atoms with Crippen LogP contribution >= 0.6 is 11.6 Å². The molecule has 2 heterocycles. The van der Waals surface area contributed by atoms with Crippen LogP contribution in [-0.4, -0.2) is 39.5 Å². The summed E-state index contributed by atoms with van der Waals surface area (Å²) in [6, 6.07) is 8.45. The van der Waals surface area contributed by atoms with Crippen molar-refractivity contribution in [2.75, 3.05) is 13.7 Å². The summed E-state index contributed by atoms with van der Waals surface area (Å²) in [5.41, 5.74) is 8.30. The molecule has 0 bridgehead atoms. The molecule has 3 rings (SSSR count). The summed E-state index contributed by atoms with van der Waals surface area (Å²) in [5.74, 6) is 0.